The van der Waals surface area contributed by atoms with Gasteiger partial charge in [-0.25, -0.2) is 0 Å². The Balaban J connectivity index is 2.17. The molecule has 1 saturated heterocycles. The molecule has 14 heavy (non-hydrogen) atoms. The topological polar surface area (TPSA) is 26.0 Å². The van der Waals surface area contributed by atoms with E-state index in [1.807, 2.05) is 23.9 Å². The second-order valence-electron chi connectivity index (χ2n) is 3.69. The van der Waals surface area contributed by atoms with Gasteiger partial charge in [0.05, 0.1) is 0 Å². The van der Waals surface area contributed by atoms with Crippen LogP contribution in [0.1, 0.15) is 11.5 Å². The summed E-state index contributed by atoms with van der Waals surface area (Å²) in [6.45, 7) is 0.792. The molecule has 2 N–H and O–H groups in total. The minimum Gasteiger partial charge on any atom is -0.330 e. The SMILES string of the molecule is NCC1CSCC1c1ccc(Cl)cc1. The maximum atomic E-state index is 5.86. The van der Waals surface area contributed by atoms with E-state index in [4.69, 9.17) is 17.3 Å². The van der Waals surface area contributed by atoms with E-state index in [0.29, 0.717) is 11.8 Å². The summed E-state index contributed by atoms with van der Waals surface area (Å²) in [5, 5.41) is 0.809. The maximum Gasteiger partial charge on any atom is 0.0406 e. The highest BCUT2D eigenvalue weighted by molar-refractivity contribution is 7.99. The van der Waals surface area contributed by atoms with Crippen LogP contribution in [-0.4, -0.2) is 18.1 Å². The third-order valence-electron chi connectivity index (χ3n) is 2.80. The average molecular weight is 228 g/mol. The van der Waals surface area contributed by atoms with Crippen LogP contribution in [0.3, 0.4) is 0 Å². The fraction of sp³-hybridized carbons (Fsp3) is 0.455. The van der Waals surface area contributed by atoms with Gasteiger partial charge in [0, 0.05) is 10.8 Å². The van der Waals surface area contributed by atoms with Crippen molar-refractivity contribution in [1.29, 1.82) is 0 Å². The zero-order valence-electron chi connectivity index (χ0n) is 7.95. The number of hydrogen-bond acceptors (Lipinski definition) is 2. The summed E-state index contributed by atoms with van der Waals surface area (Å²) in [6.07, 6.45) is 0. The number of rotatable bonds is 2. The fourth-order valence-electron chi connectivity index (χ4n) is 1.91. The van der Waals surface area contributed by atoms with E-state index in [1.165, 1.54) is 17.1 Å². The lowest BCUT2D eigenvalue weighted by atomic mass is 9.89. The molecule has 1 aromatic rings. The van der Waals surface area contributed by atoms with E-state index >= 15 is 0 Å². The van der Waals surface area contributed by atoms with Gasteiger partial charge in [0.2, 0.25) is 0 Å². The summed E-state index contributed by atoms with van der Waals surface area (Å²) in [4.78, 5) is 0. The molecule has 0 saturated carbocycles. The molecule has 1 aromatic carbocycles. The van der Waals surface area contributed by atoms with Crippen molar-refractivity contribution in [3.63, 3.8) is 0 Å². The smallest absolute Gasteiger partial charge is 0.0406 e. The standard InChI is InChI=1S/C11H14ClNS/c12-10-3-1-8(2-4-10)11-7-14-6-9(11)5-13/h1-4,9,11H,5-7,13H2. The molecule has 0 radical (unpaired) electrons. The highest BCUT2D eigenvalue weighted by atomic mass is 35.5. The van der Waals surface area contributed by atoms with Crippen molar-refractivity contribution in [3.05, 3.63) is 34.9 Å². The zero-order chi connectivity index (χ0) is 9.97. The van der Waals surface area contributed by atoms with Gasteiger partial charge in [0.1, 0.15) is 0 Å². The lowest BCUT2D eigenvalue weighted by molar-refractivity contribution is 0.534. The van der Waals surface area contributed by atoms with E-state index in [-0.39, 0.29) is 0 Å². The van der Waals surface area contributed by atoms with E-state index < -0.39 is 0 Å². The van der Waals surface area contributed by atoms with E-state index in [2.05, 4.69) is 12.1 Å². The average Bonchev–Trinajstić information content (AvgIpc) is 2.67. The van der Waals surface area contributed by atoms with Gasteiger partial charge in [-0.05, 0) is 41.8 Å². The van der Waals surface area contributed by atoms with Crippen LogP contribution >= 0.6 is 23.4 Å². The van der Waals surface area contributed by atoms with Gasteiger partial charge < -0.3 is 5.73 Å². The van der Waals surface area contributed by atoms with Crippen LogP contribution in [0.2, 0.25) is 5.02 Å². The van der Waals surface area contributed by atoms with Crippen LogP contribution in [-0.2, 0) is 0 Å². The molecule has 2 rings (SSSR count). The quantitative estimate of drug-likeness (QED) is 0.841. The molecule has 0 spiro atoms. The molecule has 3 heteroatoms. The highest BCUT2D eigenvalue weighted by Gasteiger charge is 2.27. The molecule has 0 amide bonds. The third-order valence-corrected chi connectivity index (χ3v) is 4.31. The van der Waals surface area contributed by atoms with Gasteiger partial charge in [-0.2, -0.15) is 11.8 Å². The largest absolute Gasteiger partial charge is 0.330 e. The zero-order valence-corrected chi connectivity index (χ0v) is 9.52. The molecule has 1 nitrogen and oxygen atoms in total. The van der Waals surface area contributed by atoms with Crippen LogP contribution in [0.4, 0.5) is 0 Å². The van der Waals surface area contributed by atoms with Crippen LogP contribution in [0.15, 0.2) is 24.3 Å². The summed E-state index contributed by atoms with van der Waals surface area (Å²) in [5.74, 6) is 3.66. The minimum absolute atomic E-state index is 0.627. The number of hydrogen-bond donors (Lipinski definition) is 1. The molecule has 76 valence electrons. The van der Waals surface area contributed by atoms with Crippen molar-refractivity contribution in [2.24, 2.45) is 11.7 Å². The summed E-state index contributed by atoms with van der Waals surface area (Å²) in [5.41, 5.74) is 7.14. The predicted molar refractivity (Wildman–Crippen MR) is 64.1 cm³/mol. The molecule has 0 bridgehead atoms. The van der Waals surface area contributed by atoms with Gasteiger partial charge >= 0.3 is 0 Å². The molecular formula is C11H14ClNS. The Kier molecular flexibility index (Phi) is 3.37. The number of halogens is 1. The molecule has 2 atom stereocenters. The Labute approximate surface area is 94.0 Å². The lowest BCUT2D eigenvalue weighted by Gasteiger charge is -2.17. The normalized spacial score (nSPS) is 26.7. The van der Waals surface area contributed by atoms with Gasteiger partial charge in [-0.1, -0.05) is 23.7 Å². The van der Waals surface area contributed by atoms with Gasteiger partial charge in [0.25, 0.3) is 0 Å². The molecule has 1 fully saturated rings. The second kappa shape index (κ2) is 4.56. The Morgan fingerprint density at radius 1 is 1.29 bits per heavy atom. The van der Waals surface area contributed by atoms with Gasteiger partial charge in [0.15, 0.2) is 0 Å². The highest BCUT2D eigenvalue weighted by Crippen LogP contribution is 2.37. The minimum atomic E-state index is 0.627. The first-order chi connectivity index (χ1) is 6.81. The summed E-state index contributed by atoms with van der Waals surface area (Å²) < 4.78 is 0. The van der Waals surface area contributed by atoms with Crippen LogP contribution in [0, 0.1) is 5.92 Å². The van der Waals surface area contributed by atoms with Crippen molar-refractivity contribution in [1.82, 2.24) is 0 Å². The van der Waals surface area contributed by atoms with Crippen molar-refractivity contribution in [2.75, 3.05) is 18.1 Å². The molecule has 1 heterocycles. The summed E-state index contributed by atoms with van der Waals surface area (Å²) in [6, 6.07) is 8.18. The molecule has 0 aliphatic carbocycles. The van der Waals surface area contributed by atoms with Crippen molar-refractivity contribution in [3.8, 4) is 0 Å². The Morgan fingerprint density at radius 2 is 2.00 bits per heavy atom. The van der Waals surface area contributed by atoms with E-state index in [0.717, 1.165) is 11.6 Å². The fourth-order valence-corrected chi connectivity index (χ4v) is 3.56. The van der Waals surface area contributed by atoms with Crippen molar-refractivity contribution < 1.29 is 0 Å². The first-order valence-electron chi connectivity index (χ1n) is 4.84. The van der Waals surface area contributed by atoms with Crippen LogP contribution < -0.4 is 5.73 Å². The molecule has 1 aliphatic heterocycles. The third kappa shape index (κ3) is 2.08. The number of benzene rings is 1. The molecular weight excluding hydrogens is 214 g/mol. The Bertz CT molecular complexity index is 299. The first-order valence-corrected chi connectivity index (χ1v) is 6.38. The molecule has 2 unspecified atom stereocenters. The first kappa shape index (κ1) is 10.3. The van der Waals surface area contributed by atoms with Crippen molar-refractivity contribution in [2.45, 2.75) is 5.92 Å². The van der Waals surface area contributed by atoms with Crippen LogP contribution in [0.5, 0.6) is 0 Å². The van der Waals surface area contributed by atoms with Gasteiger partial charge in [-0.15, -0.1) is 0 Å². The maximum absolute atomic E-state index is 5.86. The molecule has 1 aliphatic rings. The van der Waals surface area contributed by atoms with E-state index in [9.17, 15) is 0 Å². The lowest BCUT2D eigenvalue weighted by Crippen LogP contribution is -2.20. The Hall–Kier alpha value is -0.180. The Morgan fingerprint density at radius 3 is 2.64 bits per heavy atom. The van der Waals surface area contributed by atoms with E-state index in [1.54, 1.807) is 0 Å². The number of nitrogens with two attached hydrogens (primary N) is 1. The van der Waals surface area contributed by atoms with Crippen molar-refractivity contribution >= 4 is 23.4 Å². The predicted octanol–water partition coefficient (Wildman–Crippen LogP) is 2.75. The summed E-state index contributed by atoms with van der Waals surface area (Å²) >= 11 is 7.86. The monoisotopic (exact) mass is 227 g/mol. The number of thioether (sulfide) groups is 1. The van der Waals surface area contributed by atoms with Crippen LogP contribution in [0.25, 0.3) is 0 Å². The van der Waals surface area contributed by atoms with Gasteiger partial charge in [-0.3, -0.25) is 0 Å². The second-order valence-corrected chi connectivity index (χ2v) is 5.20. The molecule has 0 aromatic heterocycles. The summed E-state index contributed by atoms with van der Waals surface area (Å²) in [7, 11) is 0.